The van der Waals surface area contributed by atoms with Gasteiger partial charge in [-0.2, -0.15) is 0 Å². The molecule has 1 aromatic heterocycles. The number of carbonyl (C=O) groups is 1. The van der Waals surface area contributed by atoms with Crippen molar-refractivity contribution in [2.75, 3.05) is 19.6 Å². The first-order valence-electron chi connectivity index (χ1n) is 5.06. The van der Waals surface area contributed by atoms with E-state index >= 15 is 0 Å². The fourth-order valence-electron chi connectivity index (χ4n) is 1.60. The van der Waals surface area contributed by atoms with Gasteiger partial charge >= 0.3 is 0 Å². The van der Waals surface area contributed by atoms with Crippen molar-refractivity contribution < 1.29 is 4.79 Å². The van der Waals surface area contributed by atoms with E-state index in [0.717, 1.165) is 15.2 Å². The first-order chi connectivity index (χ1) is 7.58. The molecule has 0 bridgehead atoms. The van der Waals surface area contributed by atoms with E-state index in [2.05, 4.69) is 15.9 Å². The number of likely N-dealkylation sites (N-methyl/N-ethyl adjacent to an activating group) is 1. The van der Waals surface area contributed by atoms with E-state index in [4.69, 9.17) is 11.5 Å². The Kier molecular flexibility index (Phi) is 5.40. The second-order valence-electron chi connectivity index (χ2n) is 3.42. The number of carbonyl (C=O) groups excluding carboxylic acids is 1. The third-order valence-corrected chi connectivity index (χ3v) is 4.08. The zero-order valence-electron chi connectivity index (χ0n) is 9.15. The lowest BCUT2D eigenvalue weighted by Crippen LogP contribution is -2.39. The fraction of sp³-hybridized carbons (Fsp3) is 0.500. The Morgan fingerprint density at radius 2 is 2.31 bits per heavy atom. The molecule has 0 fully saturated rings. The highest BCUT2D eigenvalue weighted by Gasteiger charge is 2.20. The molecule has 1 amide bonds. The zero-order valence-corrected chi connectivity index (χ0v) is 11.6. The largest absolute Gasteiger partial charge is 0.369 e. The molecule has 1 unspecified atom stereocenters. The predicted octanol–water partition coefficient (Wildman–Crippen LogP) is 1.32. The predicted molar refractivity (Wildman–Crippen MR) is 70.3 cm³/mol. The van der Waals surface area contributed by atoms with Gasteiger partial charge in [0.05, 0.1) is 16.4 Å². The van der Waals surface area contributed by atoms with E-state index in [0.29, 0.717) is 6.54 Å². The molecule has 0 aliphatic heterocycles. The van der Waals surface area contributed by atoms with Gasteiger partial charge in [-0.3, -0.25) is 9.69 Å². The number of amides is 1. The van der Waals surface area contributed by atoms with Crippen molar-refractivity contribution in [1.29, 1.82) is 0 Å². The van der Waals surface area contributed by atoms with Crippen molar-refractivity contribution >= 4 is 33.2 Å². The van der Waals surface area contributed by atoms with Crippen LogP contribution in [0.5, 0.6) is 0 Å². The Morgan fingerprint density at radius 3 is 2.69 bits per heavy atom. The Hall–Kier alpha value is -0.430. The van der Waals surface area contributed by atoms with Crippen LogP contribution in [0, 0.1) is 0 Å². The average molecular weight is 306 g/mol. The Bertz CT molecular complexity index is 356. The number of rotatable bonds is 6. The fourth-order valence-corrected chi connectivity index (χ4v) is 3.17. The van der Waals surface area contributed by atoms with E-state index in [1.807, 2.05) is 24.0 Å². The van der Waals surface area contributed by atoms with Gasteiger partial charge in [-0.1, -0.05) is 6.92 Å². The van der Waals surface area contributed by atoms with Crippen molar-refractivity contribution in [1.82, 2.24) is 4.90 Å². The molecule has 0 aliphatic rings. The van der Waals surface area contributed by atoms with Crippen LogP contribution in [0.2, 0.25) is 0 Å². The highest BCUT2D eigenvalue weighted by atomic mass is 79.9. The third-order valence-electron chi connectivity index (χ3n) is 2.35. The van der Waals surface area contributed by atoms with E-state index in [1.165, 1.54) is 0 Å². The van der Waals surface area contributed by atoms with Crippen LogP contribution in [0.4, 0.5) is 0 Å². The number of hydrogen-bond donors (Lipinski definition) is 2. The van der Waals surface area contributed by atoms with E-state index in [-0.39, 0.29) is 18.5 Å². The lowest BCUT2D eigenvalue weighted by Gasteiger charge is -2.27. The summed E-state index contributed by atoms with van der Waals surface area (Å²) in [5.41, 5.74) is 11.0. The van der Waals surface area contributed by atoms with Gasteiger partial charge in [0, 0.05) is 11.4 Å². The van der Waals surface area contributed by atoms with Crippen molar-refractivity contribution in [2.45, 2.75) is 13.0 Å². The van der Waals surface area contributed by atoms with Gasteiger partial charge in [0.15, 0.2) is 0 Å². The minimum atomic E-state index is -0.323. The zero-order chi connectivity index (χ0) is 12.1. The smallest absolute Gasteiger partial charge is 0.231 e. The summed E-state index contributed by atoms with van der Waals surface area (Å²) in [4.78, 5) is 14.1. The van der Waals surface area contributed by atoms with Crippen LogP contribution in [0.15, 0.2) is 15.9 Å². The van der Waals surface area contributed by atoms with Gasteiger partial charge in [-0.15, -0.1) is 11.3 Å². The maximum Gasteiger partial charge on any atom is 0.231 e. The molecule has 0 aliphatic carbocycles. The molecule has 0 spiro atoms. The lowest BCUT2D eigenvalue weighted by molar-refractivity contribution is -0.119. The summed E-state index contributed by atoms with van der Waals surface area (Å²) in [6, 6.07) is 4.07. The Morgan fingerprint density at radius 1 is 1.62 bits per heavy atom. The number of primary amides is 1. The number of halogens is 1. The minimum Gasteiger partial charge on any atom is -0.369 e. The van der Waals surface area contributed by atoms with Crippen molar-refractivity contribution in [3.8, 4) is 0 Å². The van der Waals surface area contributed by atoms with E-state index in [9.17, 15) is 4.79 Å². The molecule has 4 N–H and O–H groups in total. The SMILES string of the molecule is CCN(CC(N)=O)C(CN)c1ccc(Br)s1. The normalized spacial score (nSPS) is 13.0. The van der Waals surface area contributed by atoms with Crippen LogP contribution in [0.25, 0.3) is 0 Å². The third kappa shape index (κ3) is 3.55. The molecule has 0 saturated heterocycles. The highest BCUT2D eigenvalue weighted by molar-refractivity contribution is 9.11. The molecule has 0 aromatic carbocycles. The van der Waals surface area contributed by atoms with Crippen LogP contribution < -0.4 is 11.5 Å². The Labute approximate surface area is 108 Å². The standard InChI is InChI=1S/C10H16BrN3OS/c1-2-14(6-10(13)15)7(5-12)8-3-4-9(11)16-8/h3-4,7H,2,5-6,12H2,1H3,(H2,13,15). The average Bonchev–Trinajstić information content (AvgIpc) is 2.64. The van der Waals surface area contributed by atoms with Crippen molar-refractivity contribution in [3.63, 3.8) is 0 Å². The maximum absolute atomic E-state index is 11.0. The molecular formula is C10H16BrN3OS. The van der Waals surface area contributed by atoms with Crippen molar-refractivity contribution in [2.24, 2.45) is 11.5 Å². The van der Waals surface area contributed by atoms with E-state index < -0.39 is 0 Å². The number of nitrogens with two attached hydrogens (primary N) is 2. The van der Waals surface area contributed by atoms with Gasteiger partial charge in [0.2, 0.25) is 5.91 Å². The first kappa shape index (κ1) is 13.6. The summed E-state index contributed by atoms with van der Waals surface area (Å²) in [5, 5.41) is 0. The molecule has 0 radical (unpaired) electrons. The molecular weight excluding hydrogens is 290 g/mol. The second-order valence-corrected chi connectivity index (χ2v) is 5.92. The first-order valence-corrected chi connectivity index (χ1v) is 6.67. The summed E-state index contributed by atoms with van der Waals surface area (Å²) in [6.45, 7) is 3.47. The second kappa shape index (κ2) is 6.34. The molecule has 90 valence electrons. The molecule has 1 atom stereocenters. The molecule has 1 aromatic rings. The quantitative estimate of drug-likeness (QED) is 0.832. The number of hydrogen-bond acceptors (Lipinski definition) is 4. The van der Waals surface area contributed by atoms with Gasteiger partial charge in [-0.25, -0.2) is 0 Å². The summed E-state index contributed by atoms with van der Waals surface area (Å²) >= 11 is 5.05. The van der Waals surface area contributed by atoms with Crippen LogP contribution >= 0.6 is 27.3 Å². The van der Waals surface area contributed by atoms with Gasteiger partial charge < -0.3 is 11.5 Å². The molecule has 0 saturated carbocycles. The van der Waals surface area contributed by atoms with Crippen LogP contribution in [0.3, 0.4) is 0 Å². The van der Waals surface area contributed by atoms with Crippen LogP contribution in [-0.2, 0) is 4.79 Å². The van der Waals surface area contributed by atoms with Gasteiger partial charge in [0.25, 0.3) is 0 Å². The number of nitrogens with zero attached hydrogens (tertiary/aromatic N) is 1. The number of thiophene rings is 1. The van der Waals surface area contributed by atoms with Gasteiger partial charge in [-0.05, 0) is 34.6 Å². The van der Waals surface area contributed by atoms with E-state index in [1.54, 1.807) is 11.3 Å². The molecule has 4 nitrogen and oxygen atoms in total. The Balaban J connectivity index is 2.82. The summed E-state index contributed by atoms with van der Waals surface area (Å²) in [7, 11) is 0. The van der Waals surface area contributed by atoms with Gasteiger partial charge in [0.1, 0.15) is 0 Å². The summed E-state index contributed by atoms with van der Waals surface area (Å²) < 4.78 is 1.07. The topological polar surface area (TPSA) is 72.3 Å². The molecule has 16 heavy (non-hydrogen) atoms. The highest BCUT2D eigenvalue weighted by Crippen LogP contribution is 2.29. The lowest BCUT2D eigenvalue weighted by atomic mass is 10.2. The van der Waals surface area contributed by atoms with Crippen LogP contribution in [-0.4, -0.2) is 30.4 Å². The maximum atomic E-state index is 11.0. The monoisotopic (exact) mass is 305 g/mol. The van der Waals surface area contributed by atoms with Crippen LogP contribution in [0.1, 0.15) is 17.8 Å². The molecule has 1 heterocycles. The molecule has 1 rings (SSSR count). The summed E-state index contributed by atoms with van der Waals surface area (Å²) in [5.74, 6) is -0.323. The summed E-state index contributed by atoms with van der Waals surface area (Å²) in [6.07, 6.45) is 0. The van der Waals surface area contributed by atoms with Crippen molar-refractivity contribution in [3.05, 3.63) is 20.8 Å². The minimum absolute atomic E-state index is 0.0637. The molecule has 6 heteroatoms.